The van der Waals surface area contributed by atoms with Crippen LogP contribution in [-0.4, -0.2) is 86.9 Å². The summed E-state index contributed by atoms with van der Waals surface area (Å²) in [5.74, 6) is -0.105. The monoisotopic (exact) mass is 540 g/mol. The Balaban J connectivity index is 3.99. The van der Waals surface area contributed by atoms with E-state index in [2.05, 4.69) is 32.9 Å². The third kappa shape index (κ3) is 23.3. The fourth-order valence-electron chi connectivity index (χ4n) is 3.58. The Labute approximate surface area is 228 Å². The molecule has 0 heterocycles. The van der Waals surface area contributed by atoms with Gasteiger partial charge in [0.2, 0.25) is 17.7 Å². The van der Waals surface area contributed by atoms with Crippen LogP contribution in [0.3, 0.4) is 0 Å². The highest BCUT2D eigenvalue weighted by Gasteiger charge is 2.14. The molecule has 0 bridgehead atoms. The molecule has 0 aliphatic carbocycles. The Morgan fingerprint density at radius 1 is 0.632 bits per heavy atom. The van der Waals surface area contributed by atoms with Crippen LogP contribution < -0.4 is 38.9 Å². The molecule has 0 atom stereocenters. The predicted molar refractivity (Wildman–Crippen MR) is 153 cm³/mol. The van der Waals surface area contributed by atoms with Crippen molar-refractivity contribution in [1.82, 2.24) is 20.9 Å². The smallest absolute Gasteiger partial charge is 0.223 e. The highest BCUT2D eigenvalue weighted by molar-refractivity contribution is 5.83. The molecule has 0 radical (unpaired) electrons. The van der Waals surface area contributed by atoms with Crippen molar-refractivity contribution in [3.8, 4) is 0 Å². The van der Waals surface area contributed by atoms with Crippen molar-refractivity contribution >= 4 is 29.6 Å². The maximum atomic E-state index is 12.7. The van der Waals surface area contributed by atoms with Gasteiger partial charge in [-0.2, -0.15) is 0 Å². The van der Waals surface area contributed by atoms with Gasteiger partial charge in [-0.05, 0) is 45.2 Å². The summed E-state index contributed by atoms with van der Waals surface area (Å²) in [6.45, 7) is 6.73. The number of unbranched alkanes of at least 4 members (excludes halogenated alkanes) is 3. The van der Waals surface area contributed by atoms with E-state index in [4.69, 9.17) is 22.9 Å². The molecule has 220 valence electrons. The zero-order valence-corrected chi connectivity index (χ0v) is 23.3. The van der Waals surface area contributed by atoms with Crippen LogP contribution in [-0.2, 0) is 14.4 Å². The molecule has 0 aliphatic rings. The van der Waals surface area contributed by atoms with Gasteiger partial charge in [-0.1, -0.05) is 26.2 Å². The van der Waals surface area contributed by atoms with Gasteiger partial charge < -0.3 is 43.8 Å². The van der Waals surface area contributed by atoms with E-state index in [9.17, 15) is 14.4 Å². The van der Waals surface area contributed by atoms with Gasteiger partial charge in [-0.3, -0.25) is 24.4 Å². The van der Waals surface area contributed by atoms with Gasteiger partial charge in [-0.25, -0.2) is 0 Å². The lowest BCUT2D eigenvalue weighted by atomic mass is 10.1. The minimum atomic E-state index is -0.152. The Morgan fingerprint density at radius 3 is 1.66 bits per heavy atom. The van der Waals surface area contributed by atoms with Crippen molar-refractivity contribution in [1.29, 1.82) is 0 Å². The molecule has 0 aliphatic heterocycles. The van der Waals surface area contributed by atoms with Crippen LogP contribution in [0.2, 0.25) is 0 Å². The molecule has 11 N–H and O–H groups in total. The van der Waals surface area contributed by atoms with Gasteiger partial charge >= 0.3 is 0 Å². The number of nitrogens with one attached hydrogen (secondary N) is 3. The molecular formula is C25H52N10O3. The predicted octanol–water partition coefficient (Wildman–Crippen LogP) is -0.505. The molecule has 0 rings (SSSR count). The lowest BCUT2D eigenvalue weighted by Crippen LogP contribution is -2.35. The van der Waals surface area contributed by atoms with Gasteiger partial charge in [0.05, 0.1) is 0 Å². The van der Waals surface area contributed by atoms with E-state index in [1.54, 1.807) is 4.90 Å². The molecule has 0 aromatic heterocycles. The van der Waals surface area contributed by atoms with Gasteiger partial charge in [0, 0.05) is 58.5 Å². The SMILES string of the molecule is CCCCCCC(=O)NCCCNCCCNC(=O)CCC(=O)N(CCCN=C(N)N)CCCN=C(N)N. The Kier molecular flexibility index (Phi) is 22.3. The van der Waals surface area contributed by atoms with Gasteiger partial charge in [0.1, 0.15) is 0 Å². The Morgan fingerprint density at radius 2 is 1.16 bits per heavy atom. The first-order chi connectivity index (χ1) is 18.3. The largest absolute Gasteiger partial charge is 0.370 e. The van der Waals surface area contributed by atoms with Crippen LogP contribution in [0.5, 0.6) is 0 Å². The Bertz CT molecular complexity index is 684. The number of aliphatic imine (C=N–C) groups is 2. The number of hydrogen-bond acceptors (Lipinski definition) is 6. The fraction of sp³-hybridized carbons (Fsp3) is 0.800. The summed E-state index contributed by atoms with van der Waals surface area (Å²) >= 11 is 0. The normalized spacial score (nSPS) is 10.4. The zero-order chi connectivity index (χ0) is 28.4. The maximum absolute atomic E-state index is 12.7. The lowest BCUT2D eigenvalue weighted by molar-refractivity contribution is -0.133. The standard InChI is InChI=1S/C25H52N10O3/c1-2-3-4-5-10-21(36)31-15-6-13-30-14-7-16-32-22(37)11-12-23(38)35(19-8-17-33-24(26)27)20-9-18-34-25(28)29/h30H,2-20H2,1H3,(H,31,36)(H,32,37)(H4,26,27,33)(H4,28,29,34). The average molecular weight is 541 g/mol. The topological polar surface area (TPSA) is 219 Å². The average Bonchev–Trinajstić information content (AvgIpc) is 2.87. The molecule has 13 nitrogen and oxygen atoms in total. The summed E-state index contributed by atoms with van der Waals surface area (Å²) in [4.78, 5) is 46.1. The van der Waals surface area contributed by atoms with E-state index in [-0.39, 0.29) is 42.5 Å². The molecule has 38 heavy (non-hydrogen) atoms. The van der Waals surface area contributed by atoms with Crippen LogP contribution in [0.15, 0.2) is 9.98 Å². The van der Waals surface area contributed by atoms with Gasteiger partial charge in [0.25, 0.3) is 0 Å². The number of amides is 3. The highest BCUT2D eigenvalue weighted by atomic mass is 16.2. The van der Waals surface area contributed by atoms with Gasteiger partial charge in [-0.15, -0.1) is 0 Å². The maximum Gasteiger partial charge on any atom is 0.223 e. The fourth-order valence-corrected chi connectivity index (χ4v) is 3.58. The summed E-state index contributed by atoms with van der Waals surface area (Å²) in [5.41, 5.74) is 21.4. The second-order valence-electron chi connectivity index (χ2n) is 9.17. The summed E-state index contributed by atoms with van der Waals surface area (Å²) in [5, 5.41) is 9.11. The van der Waals surface area contributed by atoms with E-state index in [1.807, 2.05) is 0 Å². The molecule has 3 amide bonds. The summed E-state index contributed by atoms with van der Waals surface area (Å²) in [6.07, 6.45) is 8.14. The first kappa shape index (κ1) is 34.9. The number of nitrogens with two attached hydrogens (primary N) is 4. The molecular weight excluding hydrogens is 488 g/mol. The number of carbonyl (C=O) groups is 3. The van der Waals surface area contributed by atoms with E-state index in [0.29, 0.717) is 58.5 Å². The van der Waals surface area contributed by atoms with Crippen molar-refractivity contribution in [2.45, 2.75) is 77.6 Å². The molecule has 0 spiro atoms. The summed E-state index contributed by atoms with van der Waals surface area (Å²) in [7, 11) is 0. The van der Waals surface area contributed by atoms with Crippen molar-refractivity contribution in [3.05, 3.63) is 0 Å². The number of carbonyl (C=O) groups excluding carboxylic acids is 3. The third-order valence-corrected chi connectivity index (χ3v) is 5.64. The summed E-state index contributed by atoms with van der Waals surface area (Å²) in [6, 6.07) is 0. The lowest BCUT2D eigenvalue weighted by Gasteiger charge is -2.22. The number of hydrogen-bond donors (Lipinski definition) is 7. The van der Waals surface area contributed by atoms with E-state index >= 15 is 0 Å². The van der Waals surface area contributed by atoms with Gasteiger partial charge in [0.15, 0.2) is 11.9 Å². The first-order valence-corrected chi connectivity index (χ1v) is 13.9. The van der Waals surface area contributed by atoms with Crippen molar-refractivity contribution in [2.75, 3.05) is 52.4 Å². The first-order valence-electron chi connectivity index (χ1n) is 13.9. The third-order valence-electron chi connectivity index (χ3n) is 5.64. The van der Waals surface area contributed by atoms with Crippen molar-refractivity contribution in [3.63, 3.8) is 0 Å². The quantitative estimate of drug-likeness (QED) is 0.0479. The highest BCUT2D eigenvalue weighted by Crippen LogP contribution is 2.03. The van der Waals surface area contributed by atoms with Crippen LogP contribution in [0, 0.1) is 0 Å². The number of rotatable bonds is 24. The van der Waals surface area contributed by atoms with Crippen LogP contribution >= 0.6 is 0 Å². The molecule has 0 saturated heterocycles. The minimum Gasteiger partial charge on any atom is -0.370 e. The molecule has 0 saturated carbocycles. The van der Waals surface area contributed by atoms with Crippen LogP contribution in [0.1, 0.15) is 77.6 Å². The number of nitrogens with zero attached hydrogens (tertiary/aromatic N) is 3. The zero-order valence-electron chi connectivity index (χ0n) is 23.3. The molecule has 0 aromatic rings. The van der Waals surface area contributed by atoms with E-state index in [0.717, 1.165) is 38.8 Å². The van der Waals surface area contributed by atoms with Crippen molar-refractivity contribution in [2.24, 2.45) is 32.9 Å². The Hall–Kier alpha value is -3.09. The summed E-state index contributed by atoms with van der Waals surface area (Å²) < 4.78 is 0. The van der Waals surface area contributed by atoms with Crippen molar-refractivity contribution < 1.29 is 14.4 Å². The minimum absolute atomic E-state index is 0.0134. The molecule has 0 aromatic carbocycles. The van der Waals surface area contributed by atoms with Crippen LogP contribution in [0.4, 0.5) is 0 Å². The second-order valence-corrected chi connectivity index (χ2v) is 9.17. The molecule has 0 unspecified atom stereocenters. The molecule has 0 fully saturated rings. The van der Waals surface area contributed by atoms with E-state index in [1.165, 1.54) is 12.8 Å². The number of guanidine groups is 2. The second kappa shape index (κ2) is 24.3. The molecule has 13 heteroatoms. The van der Waals surface area contributed by atoms with E-state index < -0.39 is 0 Å². The van der Waals surface area contributed by atoms with Crippen LogP contribution in [0.25, 0.3) is 0 Å².